The standard InChI is InChI=1S/C48H82/c1-8-30(9-2)35-22-36(31(10-3)11-4)29-48(28-35)43-21-20-34-24-40-39-19-15-14-18-38(39)37(27-47(5,6)7)25-41(40)45(34)46(43)42-23-32-16-12-13-17-33(32)26-44(42)48/h30-46H,8-29H2,1-7H3. The van der Waals surface area contributed by atoms with Crippen molar-refractivity contribution in [2.75, 3.05) is 0 Å². The number of hydrogen-bond donors (Lipinski definition) is 0. The van der Waals surface area contributed by atoms with E-state index in [9.17, 15) is 0 Å². The molecule has 15 unspecified atom stereocenters. The van der Waals surface area contributed by atoms with Crippen LogP contribution < -0.4 is 0 Å². The Bertz CT molecular complexity index is 1050. The van der Waals surface area contributed by atoms with E-state index in [2.05, 4.69) is 48.5 Å². The van der Waals surface area contributed by atoms with Gasteiger partial charge in [-0.3, -0.25) is 0 Å². The van der Waals surface area contributed by atoms with E-state index in [1.807, 2.05) is 0 Å². The zero-order chi connectivity index (χ0) is 33.4. The second kappa shape index (κ2) is 13.8. The van der Waals surface area contributed by atoms with Gasteiger partial charge in [0, 0.05) is 0 Å². The Morgan fingerprint density at radius 2 is 1.08 bits per heavy atom. The highest BCUT2D eigenvalue weighted by Crippen LogP contribution is 2.76. The summed E-state index contributed by atoms with van der Waals surface area (Å²) in [7, 11) is 0. The molecule has 0 bridgehead atoms. The quantitative estimate of drug-likeness (QED) is 0.255. The Labute approximate surface area is 300 Å². The van der Waals surface area contributed by atoms with Gasteiger partial charge in [-0.2, -0.15) is 0 Å². The summed E-state index contributed by atoms with van der Waals surface area (Å²) in [6.45, 7) is 18.0. The first-order valence-corrected chi connectivity index (χ1v) is 23.2. The van der Waals surface area contributed by atoms with Crippen LogP contribution in [-0.4, -0.2) is 0 Å². The number of rotatable bonds is 7. The lowest BCUT2D eigenvalue weighted by atomic mass is 9.49. The van der Waals surface area contributed by atoms with Crippen LogP contribution in [0.25, 0.3) is 0 Å². The lowest BCUT2D eigenvalue weighted by Gasteiger charge is -2.56. The molecule has 0 aromatic rings. The van der Waals surface area contributed by atoms with E-state index >= 15 is 0 Å². The Morgan fingerprint density at radius 3 is 1.71 bits per heavy atom. The average molecular weight is 659 g/mol. The number of hydrogen-bond acceptors (Lipinski definition) is 0. The summed E-state index contributed by atoms with van der Waals surface area (Å²) in [5.74, 6) is 18.2. The minimum atomic E-state index is 0.491. The van der Waals surface area contributed by atoms with Crippen LogP contribution in [0.1, 0.15) is 190 Å². The molecule has 1 spiro atoms. The molecule has 0 aromatic carbocycles. The molecule has 0 aliphatic heterocycles. The highest BCUT2D eigenvalue weighted by atomic mass is 14.7. The average Bonchev–Trinajstić information content (AvgIpc) is 3.57. The maximum absolute atomic E-state index is 2.58. The first-order valence-electron chi connectivity index (χ1n) is 23.2. The molecule has 8 fully saturated rings. The van der Waals surface area contributed by atoms with Gasteiger partial charge in [-0.15, -0.1) is 0 Å². The van der Waals surface area contributed by atoms with Crippen molar-refractivity contribution >= 4 is 0 Å². The van der Waals surface area contributed by atoms with Gasteiger partial charge >= 0.3 is 0 Å². The fraction of sp³-hybridized carbons (Fsp3) is 1.00. The van der Waals surface area contributed by atoms with Gasteiger partial charge < -0.3 is 0 Å². The Morgan fingerprint density at radius 1 is 0.500 bits per heavy atom. The van der Waals surface area contributed by atoms with Gasteiger partial charge in [0.2, 0.25) is 0 Å². The molecular weight excluding hydrogens is 577 g/mol. The third-order valence-corrected chi connectivity index (χ3v) is 19.4. The first kappa shape index (κ1) is 35.1. The van der Waals surface area contributed by atoms with E-state index in [1.165, 1.54) is 32.1 Å². The van der Waals surface area contributed by atoms with Gasteiger partial charge in [0.25, 0.3) is 0 Å². The van der Waals surface area contributed by atoms with Gasteiger partial charge in [-0.05, 0) is 188 Å². The topological polar surface area (TPSA) is 0 Å². The predicted octanol–water partition coefficient (Wildman–Crippen LogP) is 14.3. The summed E-state index contributed by atoms with van der Waals surface area (Å²) in [4.78, 5) is 0. The van der Waals surface area contributed by atoms with Crippen molar-refractivity contribution in [1.82, 2.24) is 0 Å². The van der Waals surface area contributed by atoms with Crippen LogP contribution in [0.5, 0.6) is 0 Å². The van der Waals surface area contributed by atoms with Crippen molar-refractivity contribution in [3.8, 4) is 0 Å². The molecule has 0 heterocycles. The number of fused-ring (bicyclic) bond motifs is 12. The van der Waals surface area contributed by atoms with Crippen LogP contribution in [-0.2, 0) is 0 Å². The van der Waals surface area contributed by atoms with Crippen LogP contribution in [0.15, 0.2) is 0 Å². The third kappa shape index (κ3) is 5.87. The summed E-state index contributed by atoms with van der Waals surface area (Å²) in [5.41, 5.74) is 1.19. The molecule has 0 nitrogen and oxygen atoms in total. The fourth-order valence-electron chi connectivity index (χ4n) is 18.1. The van der Waals surface area contributed by atoms with Crippen LogP contribution in [0.3, 0.4) is 0 Å². The van der Waals surface area contributed by atoms with Gasteiger partial charge in [0.05, 0.1) is 0 Å². The highest BCUT2D eigenvalue weighted by molar-refractivity contribution is 5.17. The highest BCUT2D eigenvalue weighted by Gasteiger charge is 2.69. The van der Waals surface area contributed by atoms with E-state index in [4.69, 9.17) is 0 Å². The van der Waals surface area contributed by atoms with Crippen LogP contribution in [0, 0.1) is 111 Å². The minimum absolute atomic E-state index is 0.491. The summed E-state index contributed by atoms with van der Waals surface area (Å²) < 4.78 is 0. The summed E-state index contributed by atoms with van der Waals surface area (Å²) in [6, 6.07) is 0. The predicted molar refractivity (Wildman–Crippen MR) is 205 cm³/mol. The smallest absolute Gasteiger partial charge is 0.0230 e. The molecule has 48 heavy (non-hydrogen) atoms. The van der Waals surface area contributed by atoms with Gasteiger partial charge in [-0.1, -0.05) is 113 Å². The van der Waals surface area contributed by atoms with Crippen LogP contribution in [0.2, 0.25) is 0 Å². The van der Waals surface area contributed by atoms with Gasteiger partial charge in [0.1, 0.15) is 0 Å². The largest absolute Gasteiger partial charge is 0.0651 e. The normalized spacial score (nSPS) is 50.1. The molecular formula is C48H82. The molecule has 0 amide bonds. The molecule has 0 aromatic heterocycles. The maximum atomic E-state index is 2.58. The second-order valence-electron chi connectivity index (χ2n) is 22.1. The molecule has 8 saturated carbocycles. The monoisotopic (exact) mass is 659 g/mol. The van der Waals surface area contributed by atoms with E-state index in [0.29, 0.717) is 10.8 Å². The van der Waals surface area contributed by atoms with E-state index in [1.54, 1.807) is 109 Å². The zero-order valence-electron chi connectivity index (χ0n) is 33.4. The van der Waals surface area contributed by atoms with Gasteiger partial charge in [0.15, 0.2) is 0 Å². The molecule has 0 radical (unpaired) electrons. The minimum Gasteiger partial charge on any atom is -0.0651 e. The van der Waals surface area contributed by atoms with Crippen LogP contribution in [0.4, 0.5) is 0 Å². The maximum Gasteiger partial charge on any atom is -0.0230 e. The summed E-state index contributed by atoms with van der Waals surface area (Å²) in [6.07, 6.45) is 34.7. The second-order valence-corrected chi connectivity index (χ2v) is 22.1. The summed E-state index contributed by atoms with van der Waals surface area (Å²) >= 11 is 0. The lowest BCUT2D eigenvalue weighted by Crippen LogP contribution is -2.48. The molecule has 15 atom stereocenters. The first-order chi connectivity index (χ1) is 23.2. The van der Waals surface area contributed by atoms with E-state index in [0.717, 1.165) is 101 Å². The van der Waals surface area contributed by atoms with E-state index in [-0.39, 0.29) is 0 Å². The van der Waals surface area contributed by atoms with E-state index < -0.39 is 0 Å². The van der Waals surface area contributed by atoms with Crippen molar-refractivity contribution in [3.05, 3.63) is 0 Å². The molecule has 8 rings (SSSR count). The molecule has 274 valence electrons. The molecule has 0 N–H and O–H groups in total. The zero-order valence-corrected chi connectivity index (χ0v) is 33.4. The van der Waals surface area contributed by atoms with Crippen molar-refractivity contribution in [3.63, 3.8) is 0 Å². The lowest BCUT2D eigenvalue weighted by molar-refractivity contribution is -0.0645. The van der Waals surface area contributed by atoms with Crippen molar-refractivity contribution in [2.24, 2.45) is 111 Å². The molecule has 8 aliphatic rings. The fourth-order valence-corrected chi connectivity index (χ4v) is 18.1. The SMILES string of the molecule is CCC(CC)C1CC(C(CC)CC)CC2(C1)C1CC3CCCCC3CC1C1C3C(CCC12)CC1C2CCCCC2C(CC(C)(C)C)CC13. The van der Waals surface area contributed by atoms with Crippen molar-refractivity contribution < 1.29 is 0 Å². The van der Waals surface area contributed by atoms with Gasteiger partial charge in [-0.25, -0.2) is 0 Å². The third-order valence-electron chi connectivity index (χ3n) is 19.4. The Balaban J connectivity index is 1.19. The molecule has 8 aliphatic carbocycles. The van der Waals surface area contributed by atoms with Crippen LogP contribution >= 0.6 is 0 Å². The van der Waals surface area contributed by atoms with Crippen molar-refractivity contribution in [1.29, 1.82) is 0 Å². The molecule has 0 heteroatoms. The summed E-state index contributed by atoms with van der Waals surface area (Å²) in [5, 5.41) is 0. The molecule has 0 saturated heterocycles. The Hall–Kier alpha value is 0. The van der Waals surface area contributed by atoms with Crippen molar-refractivity contribution in [2.45, 2.75) is 190 Å². The Kier molecular flexibility index (Phi) is 10.1.